The summed E-state index contributed by atoms with van der Waals surface area (Å²) in [6.07, 6.45) is 1.83. The molecule has 1 unspecified atom stereocenters. The second kappa shape index (κ2) is 6.44. The van der Waals surface area contributed by atoms with Crippen LogP contribution in [0.4, 0.5) is 5.69 Å². The molecule has 1 aromatic carbocycles. The van der Waals surface area contributed by atoms with Gasteiger partial charge in [0.15, 0.2) is 0 Å². The van der Waals surface area contributed by atoms with Crippen LogP contribution in [-0.2, 0) is 9.53 Å². The Balaban J connectivity index is 2.82. The predicted octanol–water partition coefficient (Wildman–Crippen LogP) is 1.12. The Kier molecular flexibility index (Phi) is 4.92. The normalized spacial score (nSPS) is 11.4. The Morgan fingerprint density at radius 1 is 1.50 bits per heavy atom. The van der Waals surface area contributed by atoms with Gasteiger partial charge in [-0.3, -0.25) is 4.79 Å². The zero-order valence-electron chi connectivity index (χ0n) is 10.2. The lowest BCUT2D eigenvalue weighted by Crippen LogP contribution is -2.41. The van der Waals surface area contributed by atoms with Gasteiger partial charge in [-0.25, -0.2) is 4.79 Å². The maximum atomic E-state index is 11.9. The molecular formula is C13H16N2O3. The Bertz CT molecular complexity index is 457. The standard InChI is InChI=1S/C13H16N2O3/c1-3-6-11(13(17)18-2)15-12(16)9-7-4-5-8-10(9)14/h3-5,7-8,11H,1,6,14H2,2H3,(H,15,16). The van der Waals surface area contributed by atoms with Crippen molar-refractivity contribution in [3.63, 3.8) is 0 Å². The maximum absolute atomic E-state index is 11.9. The zero-order valence-corrected chi connectivity index (χ0v) is 10.2. The largest absolute Gasteiger partial charge is 0.467 e. The van der Waals surface area contributed by atoms with Gasteiger partial charge in [0.2, 0.25) is 0 Å². The van der Waals surface area contributed by atoms with E-state index in [9.17, 15) is 9.59 Å². The Hall–Kier alpha value is -2.30. The van der Waals surface area contributed by atoms with Crippen LogP contribution >= 0.6 is 0 Å². The van der Waals surface area contributed by atoms with E-state index in [1.165, 1.54) is 13.2 Å². The van der Waals surface area contributed by atoms with Crippen molar-refractivity contribution in [1.29, 1.82) is 0 Å². The monoisotopic (exact) mass is 248 g/mol. The van der Waals surface area contributed by atoms with Gasteiger partial charge in [-0.1, -0.05) is 18.2 Å². The first-order valence-corrected chi connectivity index (χ1v) is 5.44. The first kappa shape index (κ1) is 13.8. The number of carbonyl (C=O) groups excluding carboxylic acids is 2. The minimum absolute atomic E-state index is 0.297. The number of carbonyl (C=O) groups is 2. The number of rotatable bonds is 5. The smallest absolute Gasteiger partial charge is 0.328 e. The molecule has 0 saturated heterocycles. The number of methoxy groups -OCH3 is 1. The first-order chi connectivity index (χ1) is 8.60. The molecule has 96 valence electrons. The molecule has 0 aliphatic carbocycles. The molecule has 0 bridgehead atoms. The third kappa shape index (κ3) is 3.35. The Morgan fingerprint density at radius 3 is 2.72 bits per heavy atom. The number of nitrogen functional groups attached to an aromatic ring is 1. The lowest BCUT2D eigenvalue weighted by Gasteiger charge is -2.15. The van der Waals surface area contributed by atoms with E-state index < -0.39 is 17.9 Å². The minimum Gasteiger partial charge on any atom is -0.467 e. The van der Waals surface area contributed by atoms with Gasteiger partial charge in [0.1, 0.15) is 6.04 Å². The van der Waals surface area contributed by atoms with Crippen LogP contribution in [0.5, 0.6) is 0 Å². The van der Waals surface area contributed by atoms with Crippen LogP contribution in [0.25, 0.3) is 0 Å². The van der Waals surface area contributed by atoms with Gasteiger partial charge in [0.25, 0.3) is 5.91 Å². The third-order valence-corrected chi connectivity index (χ3v) is 2.40. The second-order valence-electron chi connectivity index (χ2n) is 3.66. The fourth-order valence-electron chi connectivity index (χ4n) is 1.46. The first-order valence-electron chi connectivity index (χ1n) is 5.44. The lowest BCUT2D eigenvalue weighted by atomic mass is 10.1. The quantitative estimate of drug-likeness (QED) is 0.464. The molecule has 0 spiro atoms. The molecular weight excluding hydrogens is 232 g/mol. The highest BCUT2D eigenvalue weighted by atomic mass is 16.5. The second-order valence-corrected chi connectivity index (χ2v) is 3.66. The molecule has 1 atom stereocenters. The summed E-state index contributed by atoms with van der Waals surface area (Å²) in [5.74, 6) is -0.928. The van der Waals surface area contributed by atoms with Gasteiger partial charge >= 0.3 is 5.97 Å². The average molecular weight is 248 g/mol. The summed E-state index contributed by atoms with van der Waals surface area (Å²) >= 11 is 0. The molecule has 0 aromatic heterocycles. The van der Waals surface area contributed by atoms with Crippen LogP contribution in [0, 0.1) is 0 Å². The fraction of sp³-hybridized carbons (Fsp3) is 0.231. The van der Waals surface area contributed by atoms with Gasteiger partial charge in [-0.15, -0.1) is 6.58 Å². The van der Waals surface area contributed by atoms with E-state index >= 15 is 0 Å². The number of para-hydroxylation sites is 1. The van der Waals surface area contributed by atoms with E-state index in [4.69, 9.17) is 5.73 Å². The van der Waals surface area contributed by atoms with Crippen molar-refractivity contribution in [2.75, 3.05) is 12.8 Å². The summed E-state index contributed by atoms with van der Waals surface area (Å²) in [6, 6.07) is 5.89. The van der Waals surface area contributed by atoms with E-state index in [0.717, 1.165) is 0 Å². The van der Waals surface area contributed by atoms with E-state index in [1.807, 2.05) is 0 Å². The SMILES string of the molecule is C=CCC(NC(=O)c1ccccc1N)C(=O)OC. The van der Waals surface area contributed by atoms with E-state index in [-0.39, 0.29) is 0 Å². The van der Waals surface area contributed by atoms with Crippen LogP contribution in [0.2, 0.25) is 0 Å². The molecule has 0 saturated carbocycles. The highest BCUT2D eigenvalue weighted by Crippen LogP contribution is 2.10. The molecule has 5 nitrogen and oxygen atoms in total. The van der Waals surface area contributed by atoms with Crippen molar-refractivity contribution < 1.29 is 14.3 Å². The van der Waals surface area contributed by atoms with Crippen LogP contribution in [0.15, 0.2) is 36.9 Å². The van der Waals surface area contributed by atoms with Crippen LogP contribution < -0.4 is 11.1 Å². The minimum atomic E-state index is -0.750. The van der Waals surface area contributed by atoms with Gasteiger partial charge in [0.05, 0.1) is 12.7 Å². The van der Waals surface area contributed by atoms with Crippen molar-refractivity contribution in [2.24, 2.45) is 0 Å². The topological polar surface area (TPSA) is 81.4 Å². The van der Waals surface area contributed by atoms with E-state index in [0.29, 0.717) is 17.7 Å². The third-order valence-electron chi connectivity index (χ3n) is 2.40. The maximum Gasteiger partial charge on any atom is 0.328 e. The number of anilines is 1. The summed E-state index contributed by atoms with van der Waals surface area (Å²) in [4.78, 5) is 23.4. The fourth-order valence-corrected chi connectivity index (χ4v) is 1.46. The zero-order chi connectivity index (χ0) is 13.5. The van der Waals surface area contributed by atoms with Gasteiger partial charge in [-0.05, 0) is 18.6 Å². The van der Waals surface area contributed by atoms with Gasteiger partial charge in [0, 0.05) is 5.69 Å². The molecule has 1 amide bonds. The molecule has 18 heavy (non-hydrogen) atoms. The number of ether oxygens (including phenoxy) is 1. The molecule has 0 aliphatic heterocycles. The van der Waals surface area contributed by atoms with E-state index in [1.54, 1.807) is 24.3 Å². The van der Waals surface area contributed by atoms with Crippen molar-refractivity contribution in [1.82, 2.24) is 5.32 Å². The molecule has 0 heterocycles. The number of hydrogen-bond donors (Lipinski definition) is 2. The van der Waals surface area contributed by atoms with Crippen LogP contribution in [0.1, 0.15) is 16.8 Å². The number of benzene rings is 1. The van der Waals surface area contributed by atoms with Crippen LogP contribution in [0.3, 0.4) is 0 Å². The number of amides is 1. The molecule has 1 rings (SSSR count). The number of esters is 1. The molecule has 0 fully saturated rings. The summed E-state index contributed by atoms with van der Waals surface area (Å²) < 4.78 is 4.60. The molecule has 0 radical (unpaired) electrons. The van der Waals surface area contributed by atoms with E-state index in [2.05, 4.69) is 16.6 Å². The van der Waals surface area contributed by atoms with Gasteiger partial charge < -0.3 is 15.8 Å². The van der Waals surface area contributed by atoms with Crippen molar-refractivity contribution in [3.8, 4) is 0 Å². The number of nitrogens with two attached hydrogens (primary N) is 1. The Labute approximate surface area is 106 Å². The van der Waals surface area contributed by atoms with Crippen molar-refractivity contribution >= 4 is 17.6 Å². The van der Waals surface area contributed by atoms with Gasteiger partial charge in [-0.2, -0.15) is 0 Å². The lowest BCUT2D eigenvalue weighted by molar-refractivity contribution is -0.142. The molecule has 0 aliphatic rings. The summed E-state index contributed by atoms with van der Waals surface area (Å²) in [6.45, 7) is 3.53. The van der Waals surface area contributed by atoms with Crippen LogP contribution in [-0.4, -0.2) is 25.0 Å². The molecule has 1 aromatic rings. The number of nitrogens with one attached hydrogen (secondary N) is 1. The van der Waals surface area contributed by atoms with Crippen molar-refractivity contribution in [2.45, 2.75) is 12.5 Å². The summed E-state index contributed by atoms with van der Waals surface area (Å²) in [5.41, 5.74) is 6.37. The summed E-state index contributed by atoms with van der Waals surface area (Å²) in [7, 11) is 1.27. The Morgan fingerprint density at radius 2 is 2.17 bits per heavy atom. The molecule has 3 N–H and O–H groups in total. The highest BCUT2D eigenvalue weighted by Gasteiger charge is 2.21. The summed E-state index contributed by atoms with van der Waals surface area (Å²) in [5, 5.41) is 2.56. The van der Waals surface area contributed by atoms with Crippen molar-refractivity contribution in [3.05, 3.63) is 42.5 Å². The number of hydrogen-bond acceptors (Lipinski definition) is 4. The highest BCUT2D eigenvalue weighted by molar-refractivity contribution is 6.00. The average Bonchev–Trinajstić information content (AvgIpc) is 2.37. The predicted molar refractivity (Wildman–Crippen MR) is 68.9 cm³/mol. The molecule has 5 heteroatoms.